The van der Waals surface area contributed by atoms with Crippen molar-refractivity contribution in [1.82, 2.24) is 20.4 Å². The van der Waals surface area contributed by atoms with Gasteiger partial charge in [-0.15, -0.1) is 11.3 Å². The average molecular weight is 358 g/mol. The highest BCUT2D eigenvalue weighted by Gasteiger charge is 2.43. The van der Waals surface area contributed by atoms with Gasteiger partial charge in [-0.1, -0.05) is 10.3 Å². The van der Waals surface area contributed by atoms with Gasteiger partial charge in [-0.3, -0.25) is 0 Å². The van der Waals surface area contributed by atoms with Crippen molar-refractivity contribution < 1.29 is 32.2 Å². The summed E-state index contributed by atoms with van der Waals surface area (Å²) < 4.78 is 46.1. The number of carbonyl (C=O) groups excluding carboxylic acids is 2. The lowest BCUT2D eigenvalue weighted by Crippen LogP contribution is -2.28. The number of nitrogens with zero attached hydrogens (tertiary/aromatic N) is 3. The molecule has 0 atom stereocenters. The largest absolute Gasteiger partial charge is 0.491 e. The Labute approximate surface area is 134 Å². The second-order valence-corrected chi connectivity index (χ2v) is 5.14. The van der Waals surface area contributed by atoms with E-state index in [0.717, 1.165) is 10.2 Å². The van der Waals surface area contributed by atoms with E-state index in [2.05, 4.69) is 20.0 Å². The Morgan fingerprint density at radius 1 is 1.25 bits per heavy atom. The summed E-state index contributed by atoms with van der Waals surface area (Å²) in [5, 5.41) is 8.72. The zero-order valence-corrected chi connectivity index (χ0v) is 12.1. The van der Waals surface area contributed by atoms with Gasteiger partial charge in [-0.2, -0.15) is 13.2 Å². The first kappa shape index (κ1) is 15.9. The maximum atomic E-state index is 12.1. The number of aromatic nitrogens is 4. The van der Waals surface area contributed by atoms with E-state index in [9.17, 15) is 22.8 Å². The highest BCUT2D eigenvalue weighted by molar-refractivity contribution is 7.16. The quantitative estimate of drug-likeness (QED) is 0.566. The van der Waals surface area contributed by atoms with Crippen LogP contribution in [-0.2, 0) is 9.53 Å². The lowest BCUT2D eigenvalue weighted by Gasteiger charge is -2.06. The summed E-state index contributed by atoms with van der Waals surface area (Å²) in [6, 6.07) is 4.76. The molecule has 8 nitrogen and oxygen atoms in total. The van der Waals surface area contributed by atoms with Crippen LogP contribution in [0.1, 0.15) is 10.5 Å². The van der Waals surface area contributed by atoms with Crippen molar-refractivity contribution in [2.45, 2.75) is 6.18 Å². The number of fused-ring (bicyclic) bond motifs is 1. The number of esters is 2. The van der Waals surface area contributed by atoms with Crippen LogP contribution >= 0.6 is 11.3 Å². The van der Waals surface area contributed by atoms with Crippen LogP contribution in [0.2, 0.25) is 0 Å². The predicted molar refractivity (Wildman–Crippen MR) is 72.6 cm³/mol. The highest BCUT2D eigenvalue weighted by Crippen LogP contribution is 2.28. The molecule has 3 aromatic rings. The highest BCUT2D eigenvalue weighted by atomic mass is 32.1. The molecule has 0 aliphatic heterocycles. The molecule has 24 heavy (non-hydrogen) atoms. The van der Waals surface area contributed by atoms with Crippen LogP contribution in [-0.4, -0.2) is 38.5 Å². The Morgan fingerprint density at radius 3 is 2.79 bits per heavy atom. The zero-order valence-electron chi connectivity index (χ0n) is 11.3. The minimum Gasteiger partial charge on any atom is -0.436 e. The summed E-state index contributed by atoms with van der Waals surface area (Å²) in [6.45, 7) is 0. The fourth-order valence-corrected chi connectivity index (χ4v) is 2.33. The third kappa shape index (κ3) is 3.17. The molecule has 0 aliphatic rings. The van der Waals surface area contributed by atoms with Gasteiger partial charge in [0.05, 0.1) is 15.7 Å². The Balaban J connectivity index is 1.79. The number of rotatable bonds is 3. The van der Waals surface area contributed by atoms with E-state index < -0.39 is 29.7 Å². The summed E-state index contributed by atoms with van der Waals surface area (Å²) in [5.41, 5.74) is 1.72. The number of nitrogens with one attached hydrogen (secondary N) is 1. The number of benzene rings is 1. The van der Waals surface area contributed by atoms with Crippen molar-refractivity contribution in [3.63, 3.8) is 0 Å². The second kappa shape index (κ2) is 5.88. The molecule has 1 aromatic carbocycles. The number of H-pyrrole nitrogens is 1. The minimum absolute atomic E-state index is 0.247. The molecule has 1 N–H and O–H groups in total. The first-order chi connectivity index (χ1) is 11.3. The van der Waals surface area contributed by atoms with E-state index in [0.29, 0.717) is 0 Å². The first-order valence-electron chi connectivity index (χ1n) is 6.10. The molecule has 2 heterocycles. The van der Waals surface area contributed by atoms with Crippen LogP contribution in [0, 0.1) is 0 Å². The normalized spacial score (nSPS) is 11.5. The number of halogens is 3. The maximum absolute atomic E-state index is 12.1. The van der Waals surface area contributed by atoms with Gasteiger partial charge in [0, 0.05) is 6.07 Å². The lowest BCUT2D eigenvalue weighted by molar-refractivity contribution is -0.193. The smallest absolute Gasteiger partial charge is 0.436 e. The molecule has 124 valence electrons. The molecule has 0 fully saturated rings. The molecule has 0 unspecified atom stereocenters. The van der Waals surface area contributed by atoms with Crippen molar-refractivity contribution >= 4 is 33.5 Å². The first-order valence-corrected chi connectivity index (χ1v) is 6.98. The zero-order chi connectivity index (χ0) is 17.3. The molecular formula is C12H5F3N4O4S. The lowest BCUT2D eigenvalue weighted by atomic mass is 10.3. The van der Waals surface area contributed by atoms with E-state index in [4.69, 9.17) is 4.74 Å². The summed E-state index contributed by atoms with van der Waals surface area (Å²) in [6.07, 6.45) is -5.30. The number of thiazole rings is 1. The summed E-state index contributed by atoms with van der Waals surface area (Å²) in [5.74, 6) is -4.45. The van der Waals surface area contributed by atoms with E-state index in [1.54, 1.807) is 17.6 Å². The molecule has 0 saturated heterocycles. The van der Waals surface area contributed by atoms with Gasteiger partial charge in [-0.05, 0) is 12.1 Å². The second-order valence-electron chi connectivity index (χ2n) is 4.25. The van der Waals surface area contributed by atoms with E-state index in [1.165, 1.54) is 17.4 Å². The third-order valence-corrected chi connectivity index (χ3v) is 3.45. The molecule has 0 bridgehead atoms. The van der Waals surface area contributed by atoms with Gasteiger partial charge >= 0.3 is 18.1 Å². The van der Waals surface area contributed by atoms with Crippen molar-refractivity contribution in [3.05, 3.63) is 29.4 Å². The van der Waals surface area contributed by atoms with Crippen LogP contribution < -0.4 is 4.74 Å². The Morgan fingerprint density at radius 2 is 2.04 bits per heavy atom. The van der Waals surface area contributed by atoms with Crippen LogP contribution in [0.5, 0.6) is 11.6 Å². The molecule has 0 spiro atoms. The average Bonchev–Trinajstić information content (AvgIpc) is 3.14. The molecule has 12 heteroatoms. The molecule has 0 aliphatic carbocycles. The third-order valence-electron chi connectivity index (χ3n) is 2.65. The number of alkyl halides is 3. The Kier molecular flexibility index (Phi) is 3.89. The fourth-order valence-electron chi connectivity index (χ4n) is 1.63. The standard InChI is InChI=1S/C12H5F3N4O4S/c13-12(14,15)11(21)23-10(20)8-9(18-19-17-8)22-5-1-2-6-7(3-5)24-4-16-6/h1-4H,(H,17,18,19). The summed E-state index contributed by atoms with van der Waals surface area (Å²) in [7, 11) is 0. The number of carbonyl (C=O) groups is 2. The molecule has 0 amide bonds. The van der Waals surface area contributed by atoms with Gasteiger partial charge in [0.1, 0.15) is 5.75 Å². The van der Waals surface area contributed by atoms with Gasteiger partial charge < -0.3 is 9.47 Å². The fraction of sp³-hybridized carbons (Fsp3) is 0.0833. The van der Waals surface area contributed by atoms with Crippen LogP contribution in [0.3, 0.4) is 0 Å². The number of hydrogen-bond acceptors (Lipinski definition) is 8. The van der Waals surface area contributed by atoms with E-state index in [1.807, 2.05) is 5.10 Å². The van der Waals surface area contributed by atoms with Crippen molar-refractivity contribution in [3.8, 4) is 11.6 Å². The Hall–Kier alpha value is -3.02. The monoisotopic (exact) mass is 358 g/mol. The van der Waals surface area contributed by atoms with Crippen LogP contribution in [0.25, 0.3) is 10.2 Å². The number of ether oxygens (including phenoxy) is 2. The molecule has 3 rings (SSSR count). The molecule has 0 saturated carbocycles. The van der Waals surface area contributed by atoms with Crippen molar-refractivity contribution in [2.24, 2.45) is 0 Å². The van der Waals surface area contributed by atoms with Crippen molar-refractivity contribution in [1.29, 1.82) is 0 Å². The maximum Gasteiger partial charge on any atom is 0.491 e. The minimum atomic E-state index is -5.30. The number of aromatic amines is 1. The predicted octanol–water partition coefficient (Wildman–Crippen LogP) is 2.45. The van der Waals surface area contributed by atoms with Gasteiger partial charge in [-0.25, -0.2) is 19.7 Å². The van der Waals surface area contributed by atoms with E-state index in [-0.39, 0.29) is 5.75 Å². The molecular weight excluding hydrogens is 353 g/mol. The van der Waals surface area contributed by atoms with Gasteiger partial charge in [0.2, 0.25) is 5.69 Å². The molecule has 2 aromatic heterocycles. The van der Waals surface area contributed by atoms with E-state index >= 15 is 0 Å². The summed E-state index contributed by atoms with van der Waals surface area (Å²) in [4.78, 5) is 26.4. The van der Waals surface area contributed by atoms with Crippen molar-refractivity contribution in [2.75, 3.05) is 0 Å². The number of hydrogen-bond donors (Lipinski definition) is 1. The Bertz CT molecular complexity index is 920. The van der Waals surface area contributed by atoms with Crippen LogP contribution in [0.15, 0.2) is 23.7 Å². The van der Waals surface area contributed by atoms with Gasteiger partial charge in [0.15, 0.2) is 0 Å². The SMILES string of the molecule is O=C(OC(=O)C(F)(F)F)c1[nH]nnc1Oc1ccc2ncsc2c1. The summed E-state index contributed by atoms with van der Waals surface area (Å²) >= 11 is 1.34. The van der Waals surface area contributed by atoms with Crippen LogP contribution in [0.4, 0.5) is 13.2 Å². The topological polar surface area (TPSA) is 107 Å². The molecule has 0 radical (unpaired) electrons. The van der Waals surface area contributed by atoms with Gasteiger partial charge in [0.25, 0.3) is 5.88 Å².